The Labute approximate surface area is 161 Å². The van der Waals surface area contributed by atoms with Gasteiger partial charge in [-0.1, -0.05) is 0 Å². The van der Waals surface area contributed by atoms with Crippen molar-refractivity contribution in [3.05, 3.63) is 45.1 Å². The highest BCUT2D eigenvalue weighted by Gasteiger charge is 2.31. The lowest BCUT2D eigenvalue weighted by Crippen LogP contribution is -2.29. The molecule has 1 atom stereocenters. The molecule has 7 nitrogen and oxygen atoms in total. The largest absolute Gasteiger partial charge is 0.477 e. The molecule has 3 heterocycles. The van der Waals surface area contributed by atoms with Gasteiger partial charge < -0.3 is 21.2 Å². The first-order chi connectivity index (χ1) is 11.9. The fraction of sp³-hybridized carbons (Fsp3) is 0.444. The van der Waals surface area contributed by atoms with Crippen LogP contribution in [0.5, 0.6) is 0 Å². The van der Waals surface area contributed by atoms with E-state index >= 15 is 0 Å². The Morgan fingerprint density at radius 2 is 2.00 bits per heavy atom. The van der Waals surface area contributed by atoms with E-state index in [9.17, 15) is 19.1 Å². The van der Waals surface area contributed by atoms with Crippen molar-refractivity contribution in [2.24, 2.45) is 5.73 Å². The Hall–Kier alpha value is -2.16. The van der Waals surface area contributed by atoms with Crippen molar-refractivity contribution in [2.75, 3.05) is 18.0 Å². The average molecular weight is 400 g/mol. The zero-order valence-electron chi connectivity index (χ0n) is 14.9. The summed E-state index contributed by atoms with van der Waals surface area (Å²) in [7, 11) is 0. The van der Waals surface area contributed by atoms with Crippen molar-refractivity contribution in [2.45, 2.75) is 38.1 Å². The molecular formula is C18H23ClFN3O4. The zero-order chi connectivity index (χ0) is 17.9. The average Bonchev–Trinajstić information content (AvgIpc) is 3.30. The molecule has 0 radical (unpaired) electrons. The van der Waals surface area contributed by atoms with Crippen molar-refractivity contribution < 1.29 is 19.8 Å². The number of hydrogen-bond donors (Lipinski definition) is 2. The number of carboxylic acids is 1. The van der Waals surface area contributed by atoms with E-state index in [2.05, 4.69) is 0 Å². The summed E-state index contributed by atoms with van der Waals surface area (Å²) in [6, 6.07) is 1.48. The molecule has 1 aliphatic carbocycles. The van der Waals surface area contributed by atoms with E-state index in [1.165, 1.54) is 10.5 Å². The summed E-state index contributed by atoms with van der Waals surface area (Å²) in [4.78, 5) is 25.9. The fourth-order valence-corrected chi connectivity index (χ4v) is 3.88. The molecule has 0 bridgehead atoms. The highest BCUT2D eigenvalue weighted by Crippen LogP contribution is 2.44. The van der Waals surface area contributed by atoms with E-state index in [4.69, 9.17) is 5.73 Å². The molecule has 2 aromatic heterocycles. The van der Waals surface area contributed by atoms with E-state index in [0.717, 1.165) is 31.0 Å². The van der Waals surface area contributed by atoms with Gasteiger partial charge in [0.25, 0.3) is 5.56 Å². The van der Waals surface area contributed by atoms with Gasteiger partial charge in [-0.3, -0.25) is 9.20 Å². The lowest BCUT2D eigenvalue weighted by molar-refractivity contribution is 0.0694. The third-order valence-electron chi connectivity index (χ3n) is 5.23. The predicted molar refractivity (Wildman–Crippen MR) is 103 cm³/mol. The molecule has 0 amide bonds. The number of fused-ring (bicyclic) bond motifs is 1. The minimum Gasteiger partial charge on any atom is -0.477 e. The van der Waals surface area contributed by atoms with E-state index in [1.54, 1.807) is 6.92 Å². The molecule has 0 spiro atoms. The van der Waals surface area contributed by atoms with Gasteiger partial charge in [-0.15, -0.1) is 12.4 Å². The molecular weight excluding hydrogens is 377 g/mol. The van der Waals surface area contributed by atoms with Crippen LogP contribution >= 0.6 is 12.4 Å². The third-order valence-corrected chi connectivity index (χ3v) is 5.23. The van der Waals surface area contributed by atoms with Gasteiger partial charge in [0.05, 0.1) is 17.4 Å². The number of aryl methyl sites for hydroxylation is 1. The van der Waals surface area contributed by atoms with Crippen molar-refractivity contribution in [1.82, 2.24) is 4.40 Å². The summed E-state index contributed by atoms with van der Waals surface area (Å²) in [5.74, 6) is -1.58. The van der Waals surface area contributed by atoms with E-state index in [1.807, 2.05) is 4.90 Å². The van der Waals surface area contributed by atoms with Crippen LogP contribution in [0.25, 0.3) is 5.52 Å². The van der Waals surface area contributed by atoms with Gasteiger partial charge in [-0.2, -0.15) is 0 Å². The van der Waals surface area contributed by atoms with Crippen molar-refractivity contribution in [3.8, 4) is 0 Å². The molecule has 2 fully saturated rings. The molecule has 5 N–H and O–H groups in total. The number of nitrogens with two attached hydrogens (primary N) is 1. The quantitative estimate of drug-likeness (QED) is 0.809. The normalized spacial score (nSPS) is 18.9. The molecule has 148 valence electrons. The number of anilines is 1. The second-order valence-corrected chi connectivity index (χ2v) is 7.06. The second kappa shape index (κ2) is 7.46. The Balaban J connectivity index is 0.00000131. The van der Waals surface area contributed by atoms with Gasteiger partial charge in [0.1, 0.15) is 5.56 Å². The monoisotopic (exact) mass is 399 g/mol. The molecule has 2 aliphatic rings. The molecule has 4 rings (SSSR count). The van der Waals surface area contributed by atoms with Gasteiger partial charge >= 0.3 is 5.97 Å². The number of rotatable bonds is 3. The summed E-state index contributed by atoms with van der Waals surface area (Å²) in [6.07, 6.45) is 3.83. The fourth-order valence-electron chi connectivity index (χ4n) is 3.88. The van der Waals surface area contributed by atoms with E-state index in [0.29, 0.717) is 29.9 Å². The number of halogens is 2. The molecule has 1 saturated carbocycles. The minimum absolute atomic E-state index is 0. The maximum atomic E-state index is 14.8. The smallest absolute Gasteiger partial charge is 0.341 e. The van der Waals surface area contributed by atoms with Crippen LogP contribution in [0.2, 0.25) is 0 Å². The number of hydrogen-bond acceptors (Lipinski definition) is 4. The van der Waals surface area contributed by atoms with Crippen LogP contribution in [0.1, 0.15) is 46.7 Å². The van der Waals surface area contributed by atoms with E-state index in [-0.39, 0.29) is 35.4 Å². The molecule has 2 aromatic rings. The maximum Gasteiger partial charge on any atom is 0.341 e. The highest BCUT2D eigenvalue weighted by molar-refractivity contribution is 5.89. The number of carbonyl (C=O) groups is 1. The molecule has 0 aromatic carbocycles. The second-order valence-electron chi connectivity index (χ2n) is 7.06. The highest BCUT2D eigenvalue weighted by atomic mass is 35.5. The summed E-state index contributed by atoms with van der Waals surface area (Å²) < 4.78 is 16.0. The Bertz CT molecular complexity index is 958. The molecule has 1 saturated heterocycles. The topological polar surface area (TPSA) is 120 Å². The first-order valence-electron chi connectivity index (χ1n) is 8.50. The summed E-state index contributed by atoms with van der Waals surface area (Å²) >= 11 is 0. The number of aromatic carboxylic acids is 1. The van der Waals surface area contributed by atoms with Gasteiger partial charge in [-0.25, -0.2) is 9.18 Å². The summed E-state index contributed by atoms with van der Waals surface area (Å²) in [5.41, 5.74) is 7.54. The van der Waals surface area contributed by atoms with Crippen LogP contribution in [-0.2, 0) is 0 Å². The first-order valence-corrected chi connectivity index (χ1v) is 8.50. The first kappa shape index (κ1) is 21.1. The van der Waals surface area contributed by atoms with Crippen molar-refractivity contribution in [3.63, 3.8) is 0 Å². The van der Waals surface area contributed by atoms with Crippen LogP contribution < -0.4 is 16.2 Å². The number of nitrogens with zero attached hydrogens (tertiary/aromatic N) is 2. The zero-order valence-corrected chi connectivity index (χ0v) is 15.7. The maximum absolute atomic E-state index is 14.8. The summed E-state index contributed by atoms with van der Waals surface area (Å²) in [6.45, 7) is 3.04. The molecule has 1 aliphatic heterocycles. The van der Waals surface area contributed by atoms with Gasteiger partial charge in [-0.05, 0) is 49.3 Å². The van der Waals surface area contributed by atoms with Gasteiger partial charge in [0.15, 0.2) is 5.82 Å². The SMILES string of the molecule is Cc1c(N2CC[C@H](N)C2)c(F)cn2c(=O)c(C(=O)O)cc(C3CC3)c12.Cl.O. The number of aromatic nitrogens is 1. The van der Waals surface area contributed by atoms with E-state index < -0.39 is 17.3 Å². The number of pyridine rings is 2. The third kappa shape index (κ3) is 3.40. The van der Waals surface area contributed by atoms with Crippen LogP contribution in [-0.4, -0.2) is 40.1 Å². The molecule has 27 heavy (non-hydrogen) atoms. The number of carboxylic acid groups (broad SMARTS) is 1. The lowest BCUT2D eigenvalue weighted by atomic mass is 10.0. The lowest BCUT2D eigenvalue weighted by Gasteiger charge is -2.23. The minimum atomic E-state index is -1.28. The van der Waals surface area contributed by atoms with Crippen LogP contribution in [0.4, 0.5) is 10.1 Å². The van der Waals surface area contributed by atoms with Crippen LogP contribution in [0.3, 0.4) is 0 Å². The molecule has 9 heteroatoms. The van der Waals surface area contributed by atoms with Crippen molar-refractivity contribution in [1.29, 1.82) is 0 Å². The van der Waals surface area contributed by atoms with Crippen molar-refractivity contribution >= 4 is 29.6 Å². The van der Waals surface area contributed by atoms with Gasteiger partial charge in [0, 0.05) is 19.1 Å². The van der Waals surface area contributed by atoms with Crippen LogP contribution in [0, 0.1) is 12.7 Å². The Morgan fingerprint density at radius 1 is 1.33 bits per heavy atom. The van der Waals surface area contributed by atoms with Gasteiger partial charge in [0.2, 0.25) is 0 Å². The Morgan fingerprint density at radius 3 is 2.52 bits per heavy atom. The summed E-state index contributed by atoms with van der Waals surface area (Å²) in [5, 5.41) is 9.32. The standard InChI is InChI=1S/C18H20FN3O3.ClH.H2O/c1-9-15-12(10-2-3-10)6-13(18(24)25)17(23)22(15)8-14(19)16(9)21-5-4-11(20)7-21;;/h6,8,10-11H,2-5,7,20H2,1H3,(H,24,25);1H;1H2/t11-;;/m0../s1. The van der Waals surface area contributed by atoms with Crippen LogP contribution in [0.15, 0.2) is 17.1 Å². The molecule has 0 unspecified atom stereocenters. The Kier molecular flexibility index (Phi) is 5.84. The predicted octanol–water partition coefficient (Wildman–Crippen LogP) is 1.46.